The van der Waals surface area contributed by atoms with Crippen molar-refractivity contribution in [1.82, 2.24) is 4.57 Å². The number of rotatable bonds is 8. The van der Waals surface area contributed by atoms with Gasteiger partial charge in [0.05, 0.1) is 22.4 Å². The minimum absolute atomic E-state index is 0.117. The van der Waals surface area contributed by atoms with Gasteiger partial charge in [0.25, 0.3) is 0 Å². The summed E-state index contributed by atoms with van der Waals surface area (Å²) in [6, 6.07) is 88.9. The fraction of sp³-hybridized carbons (Fsp3) is 0.0476. The third-order valence-electron chi connectivity index (χ3n) is 13.6. The number of hydrogen-bond acceptors (Lipinski definition) is 1. The monoisotopic (exact) mass is 830 g/mol. The van der Waals surface area contributed by atoms with Gasteiger partial charge in [-0.1, -0.05) is 208 Å². The lowest BCUT2D eigenvalue weighted by atomic mass is 9.82. The Balaban J connectivity index is 1.09. The summed E-state index contributed by atoms with van der Waals surface area (Å²) in [7, 11) is 0. The molecule has 0 fully saturated rings. The zero-order chi connectivity index (χ0) is 43.5. The lowest BCUT2D eigenvalue weighted by molar-refractivity contribution is 0.660. The molecule has 1 aromatic heterocycles. The van der Waals surface area contributed by atoms with E-state index in [0.29, 0.717) is 0 Å². The van der Waals surface area contributed by atoms with Crippen LogP contribution in [0.1, 0.15) is 25.0 Å². The summed E-state index contributed by atoms with van der Waals surface area (Å²) >= 11 is 0. The van der Waals surface area contributed by atoms with Crippen molar-refractivity contribution in [1.29, 1.82) is 0 Å². The van der Waals surface area contributed by atoms with Crippen molar-refractivity contribution in [3.8, 4) is 61.3 Å². The third kappa shape index (κ3) is 6.32. The molecular formula is C63H46N2. The lowest BCUT2D eigenvalue weighted by Crippen LogP contribution is -2.15. The molecule has 0 unspecified atom stereocenters. The molecule has 0 spiro atoms. The second-order valence-electron chi connectivity index (χ2n) is 17.6. The van der Waals surface area contributed by atoms with Crippen molar-refractivity contribution in [2.24, 2.45) is 0 Å². The van der Waals surface area contributed by atoms with Crippen LogP contribution < -0.4 is 4.90 Å². The number of aromatic nitrogens is 1. The molecule has 0 radical (unpaired) electrons. The molecular weight excluding hydrogens is 785 g/mol. The Morgan fingerprint density at radius 2 is 0.877 bits per heavy atom. The molecule has 0 atom stereocenters. The van der Waals surface area contributed by atoms with E-state index in [1.165, 1.54) is 71.9 Å². The van der Waals surface area contributed by atoms with E-state index in [4.69, 9.17) is 0 Å². The van der Waals surface area contributed by atoms with Gasteiger partial charge in [-0.2, -0.15) is 0 Å². The smallest absolute Gasteiger partial charge is 0.0547 e. The molecule has 0 saturated carbocycles. The van der Waals surface area contributed by atoms with Gasteiger partial charge in [-0.05, 0) is 104 Å². The zero-order valence-electron chi connectivity index (χ0n) is 36.5. The molecule has 12 rings (SSSR count). The van der Waals surface area contributed by atoms with Gasteiger partial charge < -0.3 is 9.47 Å². The van der Waals surface area contributed by atoms with Gasteiger partial charge >= 0.3 is 0 Å². The van der Waals surface area contributed by atoms with E-state index in [9.17, 15) is 0 Å². The maximum Gasteiger partial charge on any atom is 0.0547 e. The topological polar surface area (TPSA) is 8.17 Å². The number of hydrogen-bond donors (Lipinski definition) is 0. The lowest BCUT2D eigenvalue weighted by Gasteiger charge is -2.31. The average Bonchev–Trinajstić information content (AvgIpc) is 3.84. The third-order valence-corrected chi connectivity index (χ3v) is 13.6. The molecule has 0 saturated heterocycles. The molecule has 65 heavy (non-hydrogen) atoms. The van der Waals surface area contributed by atoms with Gasteiger partial charge in [-0.25, -0.2) is 0 Å². The van der Waals surface area contributed by atoms with Crippen molar-refractivity contribution in [3.05, 3.63) is 254 Å². The number of anilines is 3. The SMILES string of the molecule is CC1(C)c2ccccc2-c2c(-c3ccccc3N(c3cccc(-c4cccc5c4c4ccccc4n5-c4ccccc4)c3)c3ccccc3-c3ccc(-c4ccccc4)cc3)cccc21. The molecule has 1 heterocycles. The summed E-state index contributed by atoms with van der Waals surface area (Å²) in [6.45, 7) is 4.73. The highest BCUT2D eigenvalue weighted by Crippen LogP contribution is 2.54. The normalized spacial score (nSPS) is 12.6. The Morgan fingerprint density at radius 1 is 0.354 bits per heavy atom. The fourth-order valence-corrected chi connectivity index (χ4v) is 10.6. The minimum Gasteiger partial charge on any atom is -0.309 e. The summed E-state index contributed by atoms with van der Waals surface area (Å²) in [5.41, 5.74) is 21.6. The Morgan fingerprint density at radius 3 is 1.68 bits per heavy atom. The molecule has 0 aliphatic heterocycles. The molecule has 0 bridgehead atoms. The Hall–Kier alpha value is -8.20. The van der Waals surface area contributed by atoms with Crippen molar-refractivity contribution >= 4 is 38.9 Å². The standard InChI is InChI=1S/C63H46N2/c1-63(2)55-32-13-9-28-53(55)61-52(31-18-33-56(61)63)51-27-11-15-35-58(51)65(57-34-14-10-26-49(57)45-40-38-44(39-41-45)43-20-5-3-6-21-43)48-25-17-22-46(42-48)50-30-19-37-60-62(50)54-29-12-16-36-59(54)64(60)47-23-7-4-8-24-47/h3-42H,1-2H3. The van der Waals surface area contributed by atoms with Crippen molar-refractivity contribution in [2.75, 3.05) is 4.90 Å². The van der Waals surface area contributed by atoms with Crippen LogP contribution in [0.2, 0.25) is 0 Å². The summed E-state index contributed by atoms with van der Waals surface area (Å²) in [5, 5.41) is 2.48. The Labute approximate surface area is 381 Å². The molecule has 11 aromatic rings. The molecule has 0 N–H and O–H groups in total. The number of para-hydroxylation sites is 4. The van der Waals surface area contributed by atoms with Crippen LogP contribution in [0.5, 0.6) is 0 Å². The number of fused-ring (bicyclic) bond motifs is 6. The quantitative estimate of drug-likeness (QED) is 0.148. The van der Waals surface area contributed by atoms with Crippen LogP contribution >= 0.6 is 0 Å². The molecule has 1 aliphatic carbocycles. The van der Waals surface area contributed by atoms with Gasteiger partial charge in [0, 0.05) is 38.7 Å². The maximum absolute atomic E-state index is 2.50. The minimum atomic E-state index is -0.117. The highest BCUT2D eigenvalue weighted by molar-refractivity contribution is 6.16. The van der Waals surface area contributed by atoms with Gasteiger partial charge in [0.2, 0.25) is 0 Å². The van der Waals surface area contributed by atoms with E-state index in [1.54, 1.807) is 0 Å². The van der Waals surface area contributed by atoms with Crippen molar-refractivity contribution in [2.45, 2.75) is 19.3 Å². The van der Waals surface area contributed by atoms with Crippen LogP contribution in [0.15, 0.2) is 243 Å². The highest BCUT2D eigenvalue weighted by atomic mass is 15.1. The summed E-state index contributed by atoms with van der Waals surface area (Å²) in [5.74, 6) is 0. The maximum atomic E-state index is 2.50. The molecule has 308 valence electrons. The number of nitrogens with zero attached hydrogens (tertiary/aromatic N) is 2. The van der Waals surface area contributed by atoms with Crippen molar-refractivity contribution in [3.63, 3.8) is 0 Å². The molecule has 2 heteroatoms. The zero-order valence-corrected chi connectivity index (χ0v) is 36.5. The molecule has 0 amide bonds. The van der Waals surface area contributed by atoms with Crippen LogP contribution in [0.25, 0.3) is 83.1 Å². The first-order valence-electron chi connectivity index (χ1n) is 22.6. The predicted octanol–water partition coefficient (Wildman–Crippen LogP) is 17.2. The number of benzene rings is 10. The predicted molar refractivity (Wildman–Crippen MR) is 275 cm³/mol. The van der Waals surface area contributed by atoms with Gasteiger partial charge in [0.15, 0.2) is 0 Å². The van der Waals surface area contributed by atoms with E-state index < -0.39 is 0 Å². The Kier molecular flexibility index (Phi) is 9.21. The van der Waals surface area contributed by atoms with Crippen molar-refractivity contribution < 1.29 is 0 Å². The van der Waals surface area contributed by atoms with Crippen LogP contribution in [0.3, 0.4) is 0 Å². The van der Waals surface area contributed by atoms with Gasteiger partial charge in [0.1, 0.15) is 0 Å². The molecule has 2 nitrogen and oxygen atoms in total. The second kappa shape index (κ2) is 15.6. The first kappa shape index (κ1) is 38.5. The molecule has 10 aromatic carbocycles. The van der Waals surface area contributed by atoms with Crippen LogP contribution in [-0.4, -0.2) is 4.57 Å². The van der Waals surface area contributed by atoms with Gasteiger partial charge in [-0.3, -0.25) is 0 Å². The van der Waals surface area contributed by atoms with E-state index in [2.05, 4.69) is 266 Å². The highest BCUT2D eigenvalue weighted by Gasteiger charge is 2.37. The fourth-order valence-electron chi connectivity index (χ4n) is 10.6. The van der Waals surface area contributed by atoms with E-state index in [-0.39, 0.29) is 5.41 Å². The van der Waals surface area contributed by atoms with E-state index in [0.717, 1.165) is 39.4 Å². The largest absolute Gasteiger partial charge is 0.309 e. The summed E-state index contributed by atoms with van der Waals surface area (Å²) in [4.78, 5) is 2.50. The van der Waals surface area contributed by atoms with Crippen LogP contribution in [0, 0.1) is 0 Å². The Bertz CT molecular complexity index is 3560. The van der Waals surface area contributed by atoms with Crippen LogP contribution in [-0.2, 0) is 5.41 Å². The van der Waals surface area contributed by atoms with E-state index >= 15 is 0 Å². The average molecular weight is 831 g/mol. The van der Waals surface area contributed by atoms with E-state index in [1.807, 2.05) is 0 Å². The summed E-state index contributed by atoms with van der Waals surface area (Å²) < 4.78 is 2.40. The van der Waals surface area contributed by atoms with Crippen LogP contribution in [0.4, 0.5) is 17.1 Å². The van der Waals surface area contributed by atoms with Gasteiger partial charge in [-0.15, -0.1) is 0 Å². The second-order valence-corrected chi connectivity index (χ2v) is 17.6. The summed E-state index contributed by atoms with van der Waals surface area (Å²) in [6.07, 6.45) is 0. The molecule has 1 aliphatic rings. The first-order chi connectivity index (χ1) is 32.0. The first-order valence-corrected chi connectivity index (χ1v) is 22.6.